The van der Waals surface area contributed by atoms with Gasteiger partial charge in [0.05, 0.1) is 11.8 Å². The Hall–Kier alpha value is -2.32. The van der Waals surface area contributed by atoms with Crippen LogP contribution in [0.15, 0.2) is 0 Å². The number of carboxylic acid groups (broad SMARTS) is 2. The number of carbonyl (C=O) groups is 4. The molecule has 0 aromatic rings. The van der Waals surface area contributed by atoms with Crippen molar-refractivity contribution in [1.29, 1.82) is 0 Å². The van der Waals surface area contributed by atoms with Crippen molar-refractivity contribution in [3.63, 3.8) is 0 Å². The maximum Gasteiger partial charge on any atom is 0.326 e. The molecule has 0 aliphatic heterocycles. The molecule has 0 saturated carbocycles. The highest BCUT2D eigenvalue weighted by Gasteiger charge is 2.27. The Morgan fingerprint density at radius 2 is 1.74 bits per heavy atom. The molecule has 0 spiro atoms. The number of urea groups is 1. The van der Waals surface area contributed by atoms with E-state index in [1.165, 1.54) is 13.8 Å². The predicted octanol–water partition coefficient (Wildman–Crippen LogP) is -1.27. The van der Waals surface area contributed by atoms with Crippen LogP contribution in [0.1, 0.15) is 20.3 Å². The molecular weight excluding hydrogens is 258 g/mol. The molecule has 1 atom stereocenters. The van der Waals surface area contributed by atoms with E-state index in [2.05, 4.69) is 5.32 Å². The van der Waals surface area contributed by atoms with E-state index in [-0.39, 0.29) is 6.54 Å². The van der Waals surface area contributed by atoms with Crippen LogP contribution in [-0.2, 0) is 14.4 Å². The molecular formula is C10H17N3O6. The first-order valence-electron chi connectivity index (χ1n) is 5.35. The van der Waals surface area contributed by atoms with E-state index >= 15 is 0 Å². The zero-order chi connectivity index (χ0) is 15.2. The van der Waals surface area contributed by atoms with Crippen LogP contribution in [0.5, 0.6) is 0 Å². The van der Waals surface area contributed by atoms with Gasteiger partial charge in [0.25, 0.3) is 0 Å². The van der Waals surface area contributed by atoms with Gasteiger partial charge in [-0.3, -0.25) is 9.59 Å². The van der Waals surface area contributed by atoms with Crippen molar-refractivity contribution in [2.75, 3.05) is 6.54 Å². The Labute approximate surface area is 109 Å². The molecule has 0 heterocycles. The molecule has 0 aliphatic rings. The molecule has 0 fully saturated rings. The number of hydrogen-bond acceptors (Lipinski definition) is 4. The number of aliphatic carboxylic acids is 2. The average molecular weight is 275 g/mol. The molecule has 0 saturated heterocycles. The van der Waals surface area contributed by atoms with Crippen LogP contribution in [0.25, 0.3) is 0 Å². The fourth-order valence-corrected chi connectivity index (χ4v) is 0.972. The van der Waals surface area contributed by atoms with Crippen molar-refractivity contribution in [3.8, 4) is 0 Å². The van der Waals surface area contributed by atoms with Gasteiger partial charge in [0.1, 0.15) is 6.04 Å². The van der Waals surface area contributed by atoms with Gasteiger partial charge in [-0.2, -0.15) is 0 Å². The lowest BCUT2D eigenvalue weighted by molar-refractivity contribution is -0.145. The third kappa shape index (κ3) is 6.24. The van der Waals surface area contributed by atoms with Crippen molar-refractivity contribution in [1.82, 2.24) is 10.6 Å². The summed E-state index contributed by atoms with van der Waals surface area (Å²) in [6, 6.07) is -2.43. The van der Waals surface area contributed by atoms with Gasteiger partial charge in [0, 0.05) is 6.54 Å². The zero-order valence-electron chi connectivity index (χ0n) is 10.6. The maximum atomic E-state index is 11.4. The predicted molar refractivity (Wildman–Crippen MR) is 63.2 cm³/mol. The van der Waals surface area contributed by atoms with E-state index in [1.807, 2.05) is 5.32 Å². The van der Waals surface area contributed by atoms with Gasteiger partial charge >= 0.3 is 18.0 Å². The summed E-state index contributed by atoms with van der Waals surface area (Å²) in [7, 11) is 0. The van der Waals surface area contributed by atoms with E-state index in [0.717, 1.165) is 0 Å². The normalized spacial score (nSPS) is 12.3. The van der Waals surface area contributed by atoms with Crippen molar-refractivity contribution in [2.24, 2.45) is 11.1 Å². The fraction of sp³-hybridized carbons (Fsp3) is 0.600. The number of rotatable bonds is 7. The van der Waals surface area contributed by atoms with Crippen LogP contribution in [0, 0.1) is 5.41 Å². The molecule has 108 valence electrons. The molecule has 6 N–H and O–H groups in total. The number of hydrogen-bond donors (Lipinski definition) is 5. The van der Waals surface area contributed by atoms with Crippen LogP contribution in [0.2, 0.25) is 0 Å². The highest BCUT2D eigenvalue weighted by atomic mass is 16.4. The monoisotopic (exact) mass is 275 g/mol. The van der Waals surface area contributed by atoms with Gasteiger partial charge in [0.2, 0.25) is 5.91 Å². The van der Waals surface area contributed by atoms with Crippen LogP contribution in [-0.4, -0.2) is 46.7 Å². The number of amides is 3. The second-order valence-corrected chi connectivity index (χ2v) is 4.56. The van der Waals surface area contributed by atoms with Crippen molar-refractivity contribution < 1.29 is 29.4 Å². The van der Waals surface area contributed by atoms with Gasteiger partial charge in [-0.05, 0) is 13.8 Å². The second kappa shape index (κ2) is 6.57. The minimum atomic E-state index is -1.55. The molecule has 9 heteroatoms. The summed E-state index contributed by atoms with van der Waals surface area (Å²) in [5.74, 6) is -3.45. The number of primary amides is 1. The summed E-state index contributed by atoms with van der Waals surface area (Å²) in [6.45, 7) is 2.90. The van der Waals surface area contributed by atoms with E-state index in [1.54, 1.807) is 0 Å². The first-order valence-corrected chi connectivity index (χ1v) is 5.35. The van der Waals surface area contributed by atoms with Crippen LogP contribution in [0.4, 0.5) is 4.79 Å². The standard InChI is InChI=1S/C10H17N3O6/c1-10(2,8(11)18)4-12-9(19)13-5(7(16)17)3-6(14)15/h5H,3-4H2,1-2H3,(H2,11,18)(H,14,15)(H,16,17)(H2,12,13,19)/t5-/m0/s1. The van der Waals surface area contributed by atoms with Crippen LogP contribution >= 0.6 is 0 Å². The Morgan fingerprint density at radius 1 is 1.21 bits per heavy atom. The zero-order valence-corrected chi connectivity index (χ0v) is 10.6. The molecule has 0 bridgehead atoms. The van der Waals surface area contributed by atoms with E-state index < -0.39 is 41.8 Å². The highest BCUT2D eigenvalue weighted by Crippen LogP contribution is 2.11. The van der Waals surface area contributed by atoms with Gasteiger partial charge in [-0.15, -0.1) is 0 Å². The number of nitrogens with two attached hydrogens (primary N) is 1. The topological polar surface area (TPSA) is 159 Å². The Kier molecular flexibility index (Phi) is 5.77. The van der Waals surface area contributed by atoms with Gasteiger partial charge in [-0.1, -0.05) is 0 Å². The molecule has 19 heavy (non-hydrogen) atoms. The Morgan fingerprint density at radius 3 is 2.11 bits per heavy atom. The molecule has 3 amide bonds. The minimum Gasteiger partial charge on any atom is -0.481 e. The lowest BCUT2D eigenvalue weighted by Gasteiger charge is -2.21. The van der Waals surface area contributed by atoms with Crippen molar-refractivity contribution in [2.45, 2.75) is 26.3 Å². The molecule has 0 unspecified atom stereocenters. The summed E-state index contributed by atoms with van der Waals surface area (Å²) in [5, 5.41) is 21.4. The minimum absolute atomic E-state index is 0.104. The maximum absolute atomic E-state index is 11.4. The lowest BCUT2D eigenvalue weighted by atomic mass is 9.93. The summed E-state index contributed by atoms with van der Waals surface area (Å²) in [4.78, 5) is 43.5. The third-order valence-corrected chi connectivity index (χ3v) is 2.34. The molecule has 0 aromatic heterocycles. The van der Waals surface area contributed by atoms with Crippen LogP contribution in [0.3, 0.4) is 0 Å². The third-order valence-electron chi connectivity index (χ3n) is 2.34. The second-order valence-electron chi connectivity index (χ2n) is 4.56. The van der Waals surface area contributed by atoms with Gasteiger partial charge in [-0.25, -0.2) is 9.59 Å². The summed E-state index contributed by atoms with van der Waals surface area (Å²) in [5.41, 5.74) is 4.09. The van der Waals surface area contributed by atoms with E-state index in [0.29, 0.717) is 0 Å². The Balaban J connectivity index is 4.40. The largest absolute Gasteiger partial charge is 0.481 e. The molecule has 0 aliphatic carbocycles. The lowest BCUT2D eigenvalue weighted by Crippen LogP contribution is -2.50. The molecule has 0 aromatic carbocycles. The average Bonchev–Trinajstić information content (AvgIpc) is 2.24. The number of carboxylic acids is 2. The van der Waals surface area contributed by atoms with Crippen molar-refractivity contribution >= 4 is 23.9 Å². The quantitative estimate of drug-likeness (QED) is 0.389. The number of carbonyl (C=O) groups excluding carboxylic acids is 2. The summed E-state index contributed by atoms with van der Waals surface area (Å²) in [6.07, 6.45) is -0.748. The summed E-state index contributed by atoms with van der Waals surface area (Å²) < 4.78 is 0. The Bertz CT molecular complexity index is 393. The SMILES string of the molecule is CC(C)(CNC(=O)N[C@@H](CC(=O)O)C(=O)O)C(N)=O. The molecule has 0 radical (unpaired) electrons. The molecule has 9 nitrogen and oxygen atoms in total. The van der Waals surface area contributed by atoms with Crippen LogP contribution < -0.4 is 16.4 Å². The van der Waals surface area contributed by atoms with Gasteiger partial charge in [0.15, 0.2) is 0 Å². The smallest absolute Gasteiger partial charge is 0.326 e. The van der Waals surface area contributed by atoms with E-state index in [4.69, 9.17) is 15.9 Å². The van der Waals surface area contributed by atoms with Gasteiger partial charge < -0.3 is 26.6 Å². The van der Waals surface area contributed by atoms with E-state index in [9.17, 15) is 19.2 Å². The first-order chi connectivity index (χ1) is 8.56. The van der Waals surface area contributed by atoms with Crippen molar-refractivity contribution in [3.05, 3.63) is 0 Å². The first kappa shape index (κ1) is 16.7. The number of nitrogens with one attached hydrogen (secondary N) is 2. The highest BCUT2D eigenvalue weighted by molar-refractivity contribution is 5.86. The molecule has 0 rings (SSSR count). The fourth-order valence-electron chi connectivity index (χ4n) is 0.972. The summed E-state index contributed by atoms with van der Waals surface area (Å²) >= 11 is 0.